The molecular formula is C27H26N6O4. The Morgan fingerprint density at radius 2 is 1.92 bits per heavy atom. The van der Waals surface area contributed by atoms with Crippen LogP contribution in [-0.2, 0) is 23.1 Å². The van der Waals surface area contributed by atoms with Gasteiger partial charge in [-0.2, -0.15) is 0 Å². The highest BCUT2D eigenvalue weighted by molar-refractivity contribution is 5.84. The van der Waals surface area contributed by atoms with E-state index in [-0.39, 0.29) is 18.3 Å². The molecule has 1 N–H and O–H groups in total. The van der Waals surface area contributed by atoms with E-state index < -0.39 is 6.09 Å². The summed E-state index contributed by atoms with van der Waals surface area (Å²) in [5.41, 5.74) is 3.40. The monoisotopic (exact) mass is 498 g/mol. The Labute approximate surface area is 213 Å². The van der Waals surface area contributed by atoms with Crippen molar-refractivity contribution in [2.45, 2.75) is 12.7 Å². The number of carbonyl (C=O) groups is 1. The number of amides is 1. The van der Waals surface area contributed by atoms with Crippen molar-refractivity contribution in [1.29, 1.82) is 0 Å². The Kier molecular flexibility index (Phi) is 7.18. The van der Waals surface area contributed by atoms with Gasteiger partial charge in [0, 0.05) is 31.5 Å². The van der Waals surface area contributed by atoms with E-state index in [1.807, 2.05) is 59.5 Å². The number of nitrogens with one attached hydrogen (secondary N) is 1. The molecule has 0 unspecified atom stereocenters. The molecule has 10 heteroatoms. The zero-order chi connectivity index (χ0) is 25.6. The molecule has 0 bridgehead atoms. The first-order chi connectivity index (χ1) is 18.1. The summed E-state index contributed by atoms with van der Waals surface area (Å²) < 4.78 is 12.8. The molecule has 1 aliphatic rings. The van der Waals surface area contributed by atoms with E-state index in [2.05, 4.69) is 15.3 Å². The van der Waals surface area contributed by atoms with E-state index in [1.54, 1.807) is 19.3 Å². The predicted octanol–water partition coefficient (Wildman–Crippen LogP) is 3.56. The van der Waals surface area contributed by atoms with Gasteiger partial charge in [0.15, 0.2) is 0 Å². The lowest BCUT2D eigenvalue weighted by molar-refractivity contribution is 0.0390. The third kappa shape index (κ3) is 5.81. The van der Waals surface area contributed by atoms with E-state index in [1.165, 1.54) is 17.0 Å². The van der Waals surface area contributed by atoms with E-state index in [9.17, 15) is 9.59 Å². The van der Waals surface area contributed by atoms with Gasteiger partial charge >= 0.3 is 6.09 Å². The summed E-state index contributed by atoms with van der Waals surface area (Å²) in [6.45, 7) is 1.78. The summed E-state index contributed by atoms with van der Waals surface area (Å²) >= 11 is 0. The third-order valence-corrected chi connectivity index (χ3v) is 6.05. The van der Waals surface area contributed by atoms with Gasteiger partial charge in [-0.1, -0.05) is 42.5 Å². The number of hydrogen-bond donors (Lipinski definition) is 1. The lowest BCUT2D eigenvalue weighted by atomic mass is 10.1. The minimum Gasteiger partial charge on any atom is -0.444 e. The van der Waals surface area contributed by atoms with Crippen molar-refractivity contribution in [2.24, 2.45) is 7.05 Å². The molecule has 10 nitrogen and oxygen atoms in total. The minimum absolute atomic E-state index is 0.170. The van der Waals surface area contributed by atoms with Crippen molar-refractivity contribution in [1.82, 2.24) is 19.5 Å². The van der Waals surface area contributed by atoms with Gasteiger partial charge in [0.2, 0.25) is 5.95 Å². The Balaban J connectivity index is 1.25. The lowest BCUT2D eigenvalue weighted by Gasteiger charge is -2.34. The van der Waals surface area contributed by atoms with Crippen molar-refractivity contribution in [3.8, 4) is 11.4 Å². The molecule has 1 aliphatic heterocycles. The lowest BCUT2D eigenvalue weighted by Crippen LogP contribution is -2.41. The van der Waals surface area contributed by atoms with Crippen LogP contribution in [0.1, 0.15) is 17.2 Å². The smallest absolute Gasteiger partial charge is 0.411 e. The molecular weight excluding hydrogens is 472 g/mol. The first-order valence-corrected chi connectivity index (χ1v) is 11.9. The molecule has 0 saturated carbocycles. The first kappa shape index (κ1) is 24.1. The van der Waals surface area contributed by atoms with E-state index in [0.717, 1.165) is 11.1 Å². The zero-order valence-electron chi connectivity index (χ0n) is 20.3. The number of morpholine rings is 1. The topological polar surface area (TPSA) is 111 Å². The Morgan fingerprint density at radius 1 is 1.11 bits per heavy atom. The summed E-state index contributed by atoms with van der Waals surface area (Å²) in [7, 11) is 1.70. The molecule has 1 saturated heterocycles. The number of ether oxygens (including phenoxy) is 2. The normalized spacial score (nSPS) is 15.3. The molecule has 2 aromatic heterocycles. The van der Waals surface area contributed by atoms with Crippen LogP contribution in [0.25, 0.3) is 11.4 Å². The van der Waals surface area contributed by atoms with Crippen molar-refractivity contribution in [3.05, 3.63) is 101 Å². The number of carbonyl (C=O) groups excluding carboxylic acids is 1. The second kappa shape index (κ2) is 11.0. The van der Waals surface area contributed by atoms with Gasteiger partial charge in [-0.3, -0.25) is 14.7 Å². The SMILES string of the molecule is Cn1c(N2CCO[C@@H](c3ccc(NC(=O)OCc4ccccc4)cc3)C2)nc(-c2ccncn2)cc1=O. The molecule has 4 aromatic rings. The fourth-order valence-electron chi connectivity index (χ4n) is 4.07. The predicted molar refractivity (Wildman–Crippen MR) is 138 cm³/mol. The van der Waals surface area contributed by atoms with Crippen LogP contribution in [0.2, 0.25) is 0 Å². The van der Waals surface area contributed by atoms with E-state index >= 15 is 0 Å². The van der Waals surface area contributed by atoms with E-state index in [4.69, 9.17) is 14.5 Å². The molecule has 188 valence electrons. The number of hydrogen-bond acceptors (Lipinski definition) is 8. The van der Waals surface area contributed by atoms with Gasteiger partial charge in [0.05, 0.1) is 24.5 Å². The standard InChI is InChI=1S/C27H26N6O4/c1-32-25(34)15-23(22-11-12-28-18-29-22)31-26(32)33-13-14-36-24(16-33)20-7-9-21(10-8-20)30-27(35)37-17-19-5-3-2-4-6-19/h2-12,15,18,24H,13-14,16-17H2,1H3,(H,30,35)/t24-/m1/s1. The van der Waals surface area contributed by atoms with Crippen LogP contribution in [0.4, 0.5) is 16.4 Å². The second-order valence-electron chi connectivity index (χ2n) is 8.55. The Hall–Kier alpha value is -4.57. The van der Waals surface area contributed by atoms with Crippen molar-refractivity contribution < 1.29 is 14.3 Å². The largest absolute Gasteiger partial charge is 0.444 e. The molecule has 1 amide bonds. The maximum Gasteiger partial charge on any atom is 0.411 e. The van der Waals surface area contributed by atoms with Crippen LogP contribution < -0.4 is 15.8 Å². The number of rotatable bonds is 6. The highest BCUT2D eigenvalue weighted by Gasteiger charge is 2.25. The number of benzene rings is 2. The highest BCUT2D eigenvalue weighted by Crippen LogP contribution is 2.26. The van der Waals surface area contributed by atoms with Crippen molar-refractivity contribution >= 4 is 17.7 Å². The van der Waals surface area contributed by atoms with Gasteiger partial charge in [0.25, 0.3) is 5.56 Å². The molecule has 1 atom stereocenters. The minimum atomic E-state index is -0.521. The van der Waals surface area contributed by atoms with Crippen LogP contribution in [0.15, 0.2) is 84.0 Å². The van der Waals surface area contributed by atoms with Gasteiger partial charge < -0.3 is 14.4 Å². The summed E-state index contributed by atoms with van der Waals surface area (Å²) in [5, 5.41) is 2.74. The first-order valence-electron chi connectivity index (χ1n) is 11.9. The van der Waals surface area contributed by atoms with Gasteiger partial charge in [-0.15, -0.1) is 0 Å². The van der Waals surface area contributed by atoms with Crippen molar-refractivity contribution in [3.63, 3.8) is 0 Å². The van der Waals surface area contributed by atoms with Crippen LogP contribution in [-0.4, -0.2) is 45.3 Å². The van der Waals surface area contributed by atoms with Crippen LogP contribution in [0.5, 0.6) is 0 Å². The maximum atomic E-state index is 12.7. The quantitative estimate of drug-likeness (QED) is 0.430. The second-order valence-corrected chi connectivity index (χ2v) is 8.55. The summed E-state index contributed by atoms with van der Waals surface area (Å²) in [5.74, 6) is 0.550. The van der Waals surface area contributed by atoms with Crippen LogP contribution in [0.3, 0.4) is 0 Å². The highest BCUT2D eigenvalue weighted by atomic mass is 16.5. The molecule has 2 aromatic carbocycles. The molecule has 37 heavy (non-hydrogen) atoms. The molecule has 0 spiro atoms. The maximum absolute atomic E-state index is 12.7. The van der Waals surface area contributed by atoms with E-state index in [0.29, 0.717) is 42.7 Å². The van der Waals surface area contributed by atoms with Crippen LogP contribution >= 0.6 is 0 Å². The average Bonchev–Trinajstić information content (AvgIpc) is 2.95. The van der Waals surface area contributed by atoms with Gasteiger partial charge in [-0.05, 0) is 29.3 Å². The van der Waals surface area contributed by atoms with Gasteiger partial charge in [0.1, 0.15) is 19.0 Å². The average molecular weight is 499 g/mol. The number of nitrogens with zero attached hydrogens (tertiary/aromatic N) is 5. The number of anilines is 2. The van der Waals surface area contributed by atoms with Crippen LogP contribution in [0, 0.1) is 0 Å². The third-order valence-electron chi connectivity index (χ3n) is 6.05. The molecule has 0 radical (unpaired) electrons. The summed E-state index contributed by atoms with van der Waals surface area (Å²) in [6.07, 6.45) is 2.30. The summed E-state index contributed by atoms with van der Waals surface area (Å²) in [6, 6.07) is 20.1. The molecule has 1 fully saturated rings. The Bertz CT molecular complexity index is 1410. The molecule has 3 heterocycles. The molecule has 0 aliphatic carbocycles. The van der Waals surface area contributed by atoms with Gasteiger partial charge in [-0.25, -0.2) is 19.7 Å². The Morgan fingerprint density at radius 3 is 2.68 bits per heavy atom. The number of aromatic nitrogens is 4. The fourth-order valence-corrected chi connectivity index (χ4v) is 4.07. The molecule has 5 rings (SSSR count). The zero-order valence-corrected chi connectivity index (χ0v) is 20.3. The summed E-state index contributed by atoms with van der Waals surface area (Å²) in [4.78, 5) is 39.7. The fraction of sp³-hybridized carbons (Fsp3) is 0.222. The van der Waals surface area contributed by atoms with Crippen molar-refractivity contribution in [2.75, 3.05) is 29.9 Å².